The van der Waals surface area contributed by atoms with Gasteiger partial charge >= 0.3 is 0 Å². The Morgan fingerprint density at radius 3 is 2.34 bits per heavy atom. The van der Waals surface area contributed by atoms with Gasteiger partial charge in [0.15, 0.2) is 5.58 Å². The second kappa shape index (κ2) is 7.81. The number of rotatable bonds is 6. The van der Waals surface area contributed by atoms with Gasteiger partial charge in [-0.1, -0.05) is 12.1 Å². The van der Waals surface area contributed by atoms with E-state index in [4.69, 9.17) is 13.9 Å². The van der Waals surface area contributed by atoms with Crippen LogP contribution in [-0.4, -0.2) is 35.4 Å². The second-order valence-corrected chi connectivity index (χ2v) is 9.15. The van der Waals surface area contributed by atoms with E-state index in [1.54, 1.807) is 0 Å². The van der Waals surface area contributed by atoms with Crippen LogP contribution in [0.5, 0.6) is 5.75 Å². The predicted octanol–water partition coefficient (Wildman–Crippen LogP) is 5.20. The van der Waals surface area contributed by atoms with Crippen LogP contribution in [0.15, 0.2) is 52.9 Å². The molecule has 4 rings (SSSR count). The Bertz CT molecular complexity index is 911. The molecule has 0 saturated carbocycles. The van der Waals surface area contributed by atoms with Gasteiger partial charge < -0.3 is 19.2 Å². The maximum atomic E-state index is 6.11. The highest BCUT2D eigenvalue weighted by atomic mass is 16.5. The number of hydrogen-bond acceptors (Lipinski definition) is 5. The minimum absolute atomic E-state index is 0.0911. The molecule has 0 radical (unpaired) electrons. The van der Waals surface area contributed by atoms with Crippen molar-refractivity contribution in [3.05, 3.63) is 48.5 Å². The summed E-state index contributed by atoms with van der Waals surface area (Å²) in [5.41, 5.74) is 2.78. The van der Waals surface area contributed by atoms with Crippen molar-refractivity contribution < 1.29 is 13.9 Å². The predicted molar refractivity (Wildman–Crippen MR) is 115 cm³/mol. The number of piperidine rings is 1. The summed E-state index contributed by atoms with van der Waals surface area (Å²) < 4.78 is 17.8. The topological polar surface area (TPSA) is 56.5 Å². The third kappa shape index (κ3) is 4.98. The van der Waals surface area contributed by atoms with E-state index >= 15 is 0 Å². The maximum Gasteiger partial charge on any atom is 0.227 e. The van der Waals surface area contributed by atoms with Crippen LogP contribution in [0.25, 0.3) is 22.6 Å². The van der Waals surface area contributed by atoms with Crippen LogP contribution in [0, 0.1) is 0 Å². The zero-order valence-corrected chi connectivity index (χ0v) is 17.7. The van der Waals surface area contributed by atoms with Gasteiger partial charge in [-0.05, 0) is 76.9 Å². The molecule has 1 fully saturated rings. The number of ether oxygens (including phenoxy) is 2. The third-order valence-electron chi connectivity index (χ3n) is 5.25. The molecule has 1 aliphatic rings. The first-order valence-electron chi connectivity index (χ1n) is 10.3. The van der Waals surface area contributed by atoms with Crippen molar-refractivity contribution >= 4 is 11.1 Å². The molecular weight excluding hydrogens is 364 g/mol. The number of aromatic nitrogens is 1. The number of para-hydroxylation sites is 2. The van der Waals surface area contributed by atoms with Gasteiger partial charge in [-0.25, -0.2) is 4.98 Å². The van der Waals surface area contributed by atoms with Crippen LogP contribution in [0.1, 0.15) is 40.5 Å². The van der Waals surface area contributed by atoms with Crippen molar-refractivity contribution in [2.24, 2.45) is 0 Å². The van der Waals surface area contributed by atoms with Crippen LogP contribution >= 0.6 is 0 Å². The SMILES string of the molecule is CC1(C)CC(OCCOc2ccc(-c3nc4ccccc4o3)cc2)CC(C)(C)N1. The first-order chi connectivity index (χ1) is 13.8. The molecule has 1 aliphatic heterocycles. The Hall–Kier alpha value is -2.37. The van der Waals surface area contributed by atoms with Gasteiger partial charge in [0.05, 0.1) is 12.7 Å². The van der Waals surface area contributed by atoms with E-state index in [9.17, 15) is 0 Å². The zero-order chi connectivity index (χ0) is 20.5. The summed E-state index contributed by atoms with van der Waals surface area (Å²) in [6.45, 7) is 10.1. The van der Waals surface area contributed by atoms with Gasteiger partial charge in [-0.15, -0.1) is 0 Å². The molecule has 1 saturated heterocycles. The highest BCUT2D eigenvalue weighted by molar-refractivity contribution is 5.76. The standard InChI is InChI=1S/C24H30N2O3/c1-23(2)15-19(16-24(3,4)26-23)28-14-13-27-18-11-9-17(10-12-18)22-25-20-7-5-6-8-21(20)29-22/h5-12,19,26H,13-16H2,1-4H3. The first-order valence-corrected chi connectivity index (χ1v) is 10.3. The zero-order valence-electron chi connectivity index (χ0n) is 17.7. The summed E-state index contributed by atoms with van der Waals surface area (Å²) in [7, 11) is 0. The molecule has 2 aromatic carbocycles. The smallest absolute Gasteiger partial charge is 0.227 e. The van der Waals surface area contributed by atoms with E-state index in [1.165, 1.54) is 0 Å². The van der Waals surface area contributed by atoms with Crippen LogP contribution in [0.2, 0.25) is 0 Å². The molecule has 2 heterocycles. The monoisotopic (exact) mass is 394 g/mol. The van der Waals surface area contributed by atoms with Crippen molar-refractivity contribution in [3.8, 4) is 17.2 Å². The molecule has 1 N–H and O–H groups in total. The molecule has 5 nitrogen and oxygen atoms in total. The summed E-state index contributed by atoms with van der Waals surface area (Å²) in [5.74, 6) is 1.44. The van der Waals surface area contributed by atoms with Gasteiger partial charge in [0, 0.05) is 16.6 Å². The Kier molecular flexibility index (Phi) is 5.36. The van der Waals surface area contributed by atoms with E-state index < -0.39 is 0 Å². The highest BCUT2D eigenvalue weighted by Gasteiger charge is 2.37. The molecular formula is C24H30N2O3. The lowest BCUT2D eigenvalue weighted by molar-refractivity contribution is -0.0305. The molecule has 0 aliphatic carbocycles. The van der Waals surface area contributed by atoms with Crippen LogP contribution in [-0.2, 0) is 4.74 Å². The molecule has 0 amide bonds. The molecule has 0 bridgehead atoms. The molecule has 29 heavy (non-hydrogen) atoms. The number of nitrogens with one attached hydrogen (secondary N) is 1. The number of nitrogens with zero attached hydrogens (tertiary/aromatic N) is 1. The first kappa shape index (κ1) is 19.9. The van der Waals surface area contributed by atoms with Gasteiger partial charge in [-0.2, -0.15) is 0 Å². The van der Waals surface area contributed by atoms with E-state index in [0.29, 0.717) is 19.1 Å². The summed E-state index contributed by atoms with van der Waals surface area (Å²) in [6.07, 6.45) is 2.28. The van der Waals surface area contributed by atoms with Gasteiger partial charge in [-0.3, -0.25) is 0 Å². The van der Waals surface area contributed by atoms with Crippen molar-refractivity contribution in [2.45, 2.75) is 57.7 Å². The Morgan fingerprint density at radius 2 is 1.66 bits per heavy atom. The Labute approximate surface area is 172 Å². The molecule has 0 atom stereocenters. The van der Waals surface area contributed by atoms with Crippen LogP contribution in [0.3, 0.4) is 0 Å². The fourth-order valence-corrected chi connectivity index (χ4v) is 4.41. The molecule has 5 heteroatoms. The lowest BCUT2D eigenvalue weighted by atomic mass is 9.81. The summed E-state index contributed by atoms with van der Waals surface area (Å²) in [4.78, 5) is 4.53. The molecule has 1 aromatic heterocycles. The van der Waals surface area contributed by atoms with E-state index in [-0.39, 0.29) is 17.2 Å². The molecule has 0 unspecified atom stereocenters. The minimum atomic E-state index is 0.0911. The quantitative estimate of drug-likeness (QED) is 0.583. The van der Waals surface area contributed by atoms with E-state index in [0.717, 1.165) is 35.3 Å². The Balaban J connectivity index is 1.28. The van der Waals surface area contributed by atoms with Crippen molar-refractivity contribution in [3.63, 3.8) is 0 Å². The fourth-order valence-electron chi connectivity index (χ4n) is 4.41. The summed E-state index contributed by atoms with van der Waals surface area (Å²) >= 11 is 0. The van der Waals surface area contributed by atoms with Crippen molar-refractivity contribution in [1.29, 1.82) is 0 Å². The lowest BCUT2D eigenvalue weighted by Crippen LogP contribution is -2.59. The van der Waals surface area contributed by atoms with E-state index in [1.807, 2.05) is 48.5 Å². The summed E-state index contributed by atoms with van der Waals surface area (Å²) in [5, 5.41) is 3.68. The average molecular weight is 395 g/mol. The van der Waals surface area contributed by atoms with Crippen LogP contribution in [0.4, 0.5) is 0 Å². The number of oxazole rings is 1. The number of benzene rings is 2. The van der Waals surface area contributed by atoms with Crippen molar-refractivity contribution in [1.82, 2.24) is 10.3 Å². The normalized spacial score (nSPS) is 18.8. The van der Waals surface area contributed by atoms with Crippen LogP contribution < -0.4 is 10.1 Å². The average Bonchev–Trinajstić information content (AvgIpc) is 3.07. The third-order valence-corrected chi connectivity index (χ3v) is 5.25. The summed E-state index contributed by atoms with van der Waals surface area (Å²) in [6, 6.07) is 15.6. The highest BCUT2D eigenvalue weighted by Crippen LogP contribution is 2.30. The second-order valence-electron chi connectivity index (χ2n) is 9.15. The maximum absolute atomic E-state index is 6.11. The van der Waals surface area contributed by atoms with E-state index in [2.05, 4.69) is 38.0 Å². The Morgan fingerprint density at radius 1 is 0.966 bits per heavy atom. The number of fused-ring (bicyclic) bond motifs is 1. The minimum Gasteiger partial charge on any atom is -0.491 e. The molecule has 154 valence electrons. The largest absolute Gasteiger partial charge is 0.491 e. The molecule has 3 aromatic rings. The van der Waals surface area contributed by atoms with Gasteiger partial charge in [0.25, 0.3) is 0 Å². The van der Waals surface area contributed by atoms with Crippen molar-refractivity contribution in [2.75, 3.05) is 13.2 Å². The molecule has 0 spiro atoms. The fraction of sp³-hybridized carbons (Fsp3) is 0.458. The lowest BCUT2D eigenvalue weighted by Gasteiger charge is -2.46. The van der Waals surface area contributed by atoms with Gasteiger partial charge in [0.2, 0.25) is 5.89 Å². The van der Waals surface area contributed by atoms with Gasteiger partial charge in [0.1, 0.15) is 17.9 Å². The number of hydrogen-bond donors (Lipinski definition) is 1.